The van der Waals surface area contributed by atoms with E-state index in [1.807, 2.05) is 0 Å². The van der Waals surface area contributed by atoms with Gasteiger partial charge < -0.3 is 5.32 Å². The number of halogens is 7. The molecule has 1 aromatic carbocycles. The Morgan fingerprint density at radius 3 is 1.70 bits per heavy atom. The van der Waals surface area contributed by atoms with Crippen LogP contribution in [0.1, 0.15) is 0 Å². The van der Waals surface area contributed by atoms with E-state index in [4.69, 9.17) is 58.0 Å². The molecule has 0 fully saturated rings. The minimum Gasteiger partial charge on any atom is -0.350 e. The molecule has 1 aromatic heterocycles. The van der Waals surface area contributed by atoms with Crippen LogP contribution in [-0.4, -0.2) is 4.98 Å². The molecule has 2 rings (SSSR count). The normalized spacial score (nSPS) is 10.8. The van der Waals surface area contributed by atoms with Crippen molar-refractivity contribution in [1.82, 2.24) is 4.98 Å². The van der Waals surface area contributed by atoms with Crippen LogP contribution >= 0.6 is 58.0 Å². The molecule has 0 aliphatic heterocycles. The first-order valence-corrected chi connectivity index (χ1v) is 6.81. The van der Waals surface area contributed by atoms with Gasteiger partial charge in [0, 0.05) is 5.02 Å². The van der Waals surface area contributed by atoms with Crippen molar-refractivity contribution >= 4 is 69.4 Å². The molecule has 0 unspecified atom stereocenters. The molecule has 0 aliphatic carbocycles. The number of hydrogen-bond acceptors (Lipinski definition) is 2. The zero-order valence-electron chi connectivity index (χ0n) is 9.25. The number of hydrogen-bond donors (Lipinski definition) is 1. The van der Waals surface area contributed by atoms with Crippen LogP contribution in [0.2, 0.25) is 25.1 Å². The van der Waals surface area contributed by atoms with Crippen molar-refractivity contribution in [1.29, 1.82) is 0 Å². The van der Waals surface area contributed by atoms with Crippen LogP contribution in [0.5, 0.6) is 0 Å². The number of nitrogens with zero attached hydrogens (tertiary/aromatic N) is 1. The number of rotatable bonds is 2. The predicted octanol–water partition coefficient (Wildman–Crippen LogP) is 6.37. The number of anilines is 2. The van der Waals surface area contributed by atoms with Crippen molar-refractivity contribution in [2.24, 2.45) is 0 Å². The molecule has 2 aromatic rings. The van der Waals surface area contributed by atoms with E-state index in [1.165, 1.54) is 12.1 Å². The van der Waals surface area contributed by atoms with Crippen molar-refractivity contribution in [3.05, 3.63) is 49.1 Å². The van der Waals surface area contributed by atoms with Crippen LogP contribution in [0.15, 0.2) is 12.1 Å². The lowest BCUT2D eigenvalue weighted by Gasteiger charge is -2.14. The van der Waals surface area contributed by atoms with Gasteiger partial charge in [0.15, 0.2) is 0 Å². The Labute approximate surface area is 137 Å². The zero-order chi connectivity index (χ0) is 15.0. The van der Waals surface area contributed by atoms with Gasteiger partial charge in [-0.15, -0.1) is 0 Å². The van der Waals surface area contributed by atoms with Gasteiger partial charge in [-0.2, -0.15) is 13.8 Å². The van der Waals surface area contributed by atoms with Crippen LogP contribution in [0.4, 0.5) is 20.2 Å². The number of nitrogens with one attached hydrogen (secondary N) is 1. The van der Waals surface area contributed by atoms with Crippen LogP contribution in [-0.2, 0) is 0 Å². The molecule has 0 aliphatic rings. The van der Waals surface area contributed by atoms with Crippen molar-refractivity contribution in [3.8, 4) is 0 Å². The van der Waals surface area contributed by atoms with Crippen molar-refractivity contribution < 1.29 is 8.78 Å². The number of pyridine rings is 1. The molecule has 0 saturated heterocycles. The molecule has 0 saturated carbocycles. The molecule has 0 spiro atoms. The predicted molar refractivity (Wildman–Crippen MR) is 78.9 cm³/mol. The second-order valence-corrected chi connectivity index (χ2v) is 5.57. The third-order valence-corrected chi connectivity index (χ3v) is 3.76. The molecule has 0 amide bonds. The molecule has 0 radical (unpaired) electrons. The molecule has 0 atom stereocenters. The molecule has 1 heterocycles. The topological polar surface area (TPSA) is 24.9 Å². The molecule has 1 N–H and O–H groups in total. The highest BCUT2D eigenvalue weighted by molar-refractivity contribution is 6.43. The van der Waals surface area contributed by atoms with Gasteiger partial charge in [0.05, 0.1) is 21.4 Å². The average Bonchev–Trinajstić information content (AvgIpc) is 2.34. The zero-order valence-corrected chi connectivity index (χ0v) is 13.0. The summed E-state index contributed by atoms with van der Waals surface area (Å²) in [6.45, 7) is 0. The summed E-state index contributed by atoms with van der Waals surface area (Å²) >= 11 is 29.0. The van der Waals surface area contributed by atoms with Gasteiger partial charge in [0.2, 0.25) is 11.9 Å². The summed E-state index contributed by atoms with van der Waals surface area (Å²) in [6, 6.07) is 2.79. The Balaban J connectivity index is 2.56. The summed E-state index contributed by atoms with van der Waals surface area (Å²) in [5, 5.41) is 2.17. The van der Waals surface area contributed by atoms with Gasteiger partial charge in [-0.1, -0.05) is 58.0 Å². The van der Waals surface area contributed by atoms with E-state index >= 15 is 0 Å². The van der Waals surface area contributed by atoms with Crippen LogP contribution < -0.4 is 5.32 Å². The summed E-state index contributed by atoms with van der Waals surface area (Å²) in [7, 11) is 0. The molecule has 2 nitrogen and oxygen atoms in total. The van der Waals surface area contributed by atoms with E-state index < -0.39 is 21.9 Å². The Bertz CT molecular complexity index is 644. The van der Waals surface area contributed by atoms with Gasteiger partial charge in [0.25, 0.3) is 0 Å². The summed E-state index contributed by atoms with van der Waals surface area (Å²) in [5.41, 5.74) is -0.0732. The molecular weight excluding hydrogens is 375 g/mol. The maximum absolute atomic E-state index is 13.3. The van der Waals surface area contributed by atoms with Crippen molar-refractivity contribution in [2.45, 2.75) is 0 Å². The fourth-order valence-corrected chi connectivity index (χ4v) is 2.71. The van der Waals surface area contributed by atoms with E-state index in [-0.39, 0.29) is 21.4 Å². The Morgan fingerprint density at radius 1 is 0.800 bits per heavy atom. The highest BCUT2D eigenvalue weighted by Crippen LogP contribution is 2.40. The first kappa shape index (κ1) is 15.9. The maximum atomic E-state index is 13.3. The summed E-state index contributed by atoms with van der Waals surface area (Å²) in [4.78, 5) is 2.91. The van der Waals surface area contributed by atoms with Crippen molar-refractivity contribution in [2.75, 3.05) is 5.32 Å². The van der Waals surface area contributed by atoms with E-state index in [2.05, 4.69) is 10.3 Å². The second-order valence-electron chi connectivity index (χ2n) is 3.57. The lowest BCUT2D eigenvalue weighted by molar-refractivity contribution is 0.514. The molecule has 9 heteroatoms. The van der Waals surface area contributed by atoms with E-state index in [0.29, 0.717) is 5.02 Å². The maximum Gasteiger partial charge on any atom is 0.236 e. The first-order valence-electron chi connectivity index (χ1n) is 4.92. The van der Waals surface area contributed by atoms with Gasteiger partial charge in [-0.25, -0.2) is 0 Å². The molecule has 106 valence electrons. The summed E-state index contributed by atoms with van der Waals surface area (Å²) < 4.78 is 26.6. The lowest BCUT2D eigenvalue weighted by atomic mass is 10.3. The van der Waals surface area contributed by atoms with Gasteiger partial charge >= 0.3 is 0 Å². The Hall–Kier alpha value is -0.520. The smallest absolute Gasteiger partial charge is 0.236 e. The van der Waals surface area contributed by atoms with Crippen LogP contribution in [0, 0.1) is 11.9 Å². The van der Waals surface area contributed by atoms with E-state index in [0.717, 1.165) is 0 Å². The molecule has 20 heavy (non-hydrogen) atoms. The second kappa shape index (κ2) is 6.08. The summed E-state index contributed by atoms with van der Waals surface area (Å²) in [6.07, 6.45) is 0. The number of benzene rings is 1. The highest BCUT2D eigenvalue weighted by atomic mass is 35.5. The SMILES string of the molecule is Fc1nc(F)c(Cl)c(Nc2c(Cl)cc(Cl)cc2Cl)c1Cl. The quantitative estimate of drug-likeness (QED) is 0.614. The van der Waals surface area contributed by atoms with Crippen LogP contribution in [0.3, 0.4) is 0 Å². The molecular formula is C11H3Cl5F2N2. The number of aromatic nitrogens is 1. The Kier molecular flexibility index (Phi) is 4.82. The fourth-order valence-electron chi connectivity index (χ4n) is 1.38. The third kappa shape index (κ3) is 3.05. The van der Waals surface area contributed by atoms with Gasteiger partial charge in [0.1, 0.15) is 10.0 Å². The highest BCUT2D eigenvalue weighted by Gasteiger charge is 2.19. The minimum absolute atomic E-state index is 0.132. The van der Waals surface area contributed by atoms with Gasteiger partial charge in [-0.3, -0.25) is 0 Å². The average molecular weight is 378 g/mol. The van der Waals surface area contributed by atoms with Crippen molar-refractivity contribution in [3.63, 3.8) is 0 Å². The van der Waals surface area contributed by atoms with E-state index in [9.17, 15) is 8.78 Å². The van der Waals surface area contributed by atoms with Gasteiger partial charge in [-0.05, 0) is 12.1 Å². The third-order valence-electron chi connectivity index (χ3n) is 2.25. The van der Waals surface area contributed by atoms with Crippen LogP contribution in [0.25, 0.3) is 0 Å². The first-order chi connectivity index (χ1) is 9.31. The van der Waals surface area contributed by atoms with E-state index in [1.54, 1.807) is 0 Å². The standard InChI is InChI=1S/C11H3Cl5F2N2/c12-3-1-4(13)8(5(14)2-3)19-9-6(15)10(17)20-11(18)7(9)16/h1-2H,(H,19,20). The largest absolute Gasteiger partial charge is 0.350 e. The minimum atomic E-state index is -1.21. The fraction of sp³-hybridized carbons (Fsp3) is 0. The monoisotopic (exact) mass is 376 g/mol. The summed E-state index contributed by atoms with van der Waals surface area (Å²) in [5.74, 6) is -2.42. The lowest BCUT2D eigenvalue weighted by Crippen LogP contribution is -2.01. The molecule has 0 bridgehead atoms. The Morgan fingerprint density at radius 2 is 1.25 bits per heavy atom.